The highest BCUT2D eigenvalue weighted by molar-refractivity contribution is 4.94. The van der Waals surface area contributed by atoms with Crippen molar-refractivity contribution in [1.82, 2.24) is 0 Å². The van der Waals surface area contributed by atoms with E-state index in [1.54, 1.807) is 0 Å². The molecule has 0 spiro atoms. The summed E-state index contributed by atoms with van der Waals surface area (Å²) in [4.78, 5) is 0. The molecular weight excluding hydrogens is 182 g/mol. The third-order valence-corrected chi connectivity index (χ3v) is 2.26. The first-order chi connectivity index (χ1) is 5.74. The molecule has 0 amide bonds. The second-order valence-electron chi connectivity index (χ2n) is 3.23. The van der Waals surface area contributed by atoms with Gasteiger partial charge >= 0.3 is 0 Å². The number of halogens is 1. The summed E-state index contributed by atoms with van der Waals surface area (Å²) >= 11 is 0. The Morgan fingerprint density at radius 2 is 1.23 bits per heavy atom. The summed E-state index contributed by atoms with van der Waals surface area (Å²) in [6.07, 6.45) is 8.85. The molecule has 0 unspecified atom stereocenters. The molecule has 13 heavy (non-hydrogen) atoms. The zero-order chi connectivity index (χ0) is 9.45. The summed E-state index contributed by atoms with van der Waals surface area (Å²) in [6.45, 7) is 12.2. The van der Waals surface area contributed by atoms with Gasteiger partial charge in [-0.25, -0.2) is 0 Å². The van der Waals surface area contributed by atoms with Gasteiger partial charge in [0, 0.05) is 5.41 Å². The Morgan fingerprint density at radius 3 is 1.38 bits per heavy atom. The Morgan fingerprint density at radius 1 is 0.923 bits per heavy atom. The zero-order valence-corrected chi connectivity index (χ0v) is 9.02. The Labute approximate surface area is 87.8 Å². The van der Waals surface area contributed by atoms with Gasteiger partial charge < -0.3 is 18.1 Å². The number of allylic oxidation sites excluding steroid dienone is 3. The van der Waals surface area contributed by atoms with Gasteiger partial charge in [-0.05, 0) is 19.3 Å². The van der Waals surface area contributed by atoms with Gasteiger partial charge in [0.15, 0.2) is 0 Å². The van der Waals surface area contributed by atoms with Gasteiger partial charge in [-0.15, -0.1) is 19.7 Å². The van der Waals surface area contributed by atoms with E-state index in [9.17, 15) is 0 Å². The van der Waals surface area contributed by atoms with Crippen molar-refractivity contribution < 1.29 is 18.1 Å². The third kappa shape index (κ3) is 4.91. The SMILES string of the molecule is C=CCC(C[NH3+])(CC=C)CC=C.[Cl-]. The van der Waals surface area contributed by atoms with Crippen LogP contribution in [-0.4, -0.2) is 6.54 Å². The monoisotopic (exact) mass is 201 g/mol. The number of hydrogen-bond donors (Lipinski definition) is 1. The number of rotatable bonds is 7. The summed E-state index contributed by atoms with van der Waals surface area (Å²) in [5, 5.41) is 0. The molecule has 0 rings (SSSR count). The quantitative estimate of drug-likeness (QED) is 0.510. The van der Waals surface area contributed by atoms with Crippen LogP contribution in [0.3, 0.4) is 0 Å². The molecule has 0 atom stereocenters. The van der Waals surface area contributed by atoms with Crippen LogP contribution in [-0.2, 0) is 0 Å². The molecule has 0 aromatic carbocycles. The maximum Gasteiger partial charge on any atom is 0.0805 e. The van der Waals surface area contributed by atoms with Gasteiger partial charge in [0.2, 0.25) is 0 Å². The van der Waals surface area contributed by atoms with Crippen molar-refractivity contribution in [2.24, 2.45) is 5.41 Å². The predicted octanol–water partition coefficient (Wildman–Crippen LogP) is -1.05. The fourth-order valence-corrected chi connectivity index (χ4v) is 1.47. The maximum atomic E-state index is 3.97. The largest absolute Gasteiger partial charge is 1.00 e. The fraction of sp³-hybridized carbons (Fsp3) is 0.455. The van der Waals surface area contributed by atoms with Gasteiger partial charge in [0.1, 0.15) is 0 Å². The summed E-state index contributed by atoms with van der Waals surface area (Å²) in [7, 11) is 0. The molecule has 0 aromatic rings. The standard InChI is InChI=1S/C11H19N.ClH/c1-4-7-11(10-12,8-5-2)9-6-3;/h4-6H,1-3,7-10,12H2;1H. The lowest BCUT2D eigenvalue weighted by molar-refractivity contribution is -0.392. The Kier molecular flexibility index (Phi) is 9.31. The maximum absolute atomic E-state index is 3.97. The molecule has 0 aliphatic heterocycles. The molecule has 1 nitrogen and oxygen atoms in total. The van der Waals surface area contributed by atoms with E-state index in [4.69, 9.17) is 0 Å². The molecule has 2 heteroatoms. The zero-order valence-electron chi connectivity index (χ0n) is 8.27. The Hall–Kier alpha value is -0.530. The van der Waals surface area contributed by atoms with Gasteiger partial charge in [-0.3, -0.25) is 0 Å². The molecule has 3 N–H and O–H groups in total. The molecule has 0 aliphatic rings. The Balaban J connectivity index is 0. The van der Waals surface area contributed by atoms with Crippen LogP contribution < -0.4 is 18.1 Å². The van der Waals surface area contributed by atoms with Crippen molar-refractivity contribution in [3.8, 4) is 0 Å². The Bertz CT molecular complexity index is 137. The van der Waals surface area contributed by atoms with Crippen LogP contribution >= 0.6 is 0 Å². The van der Waals surface area contributed by atoms with E-state index in [1.165, 1.54) is 0 Å². The van der Waals surface area contributed by atoms with E-state index < -0.39 is 0 Å². The number of hydrogen-bond acceptors (Lipinski definition) is 0. The topological polar surface area (TPSA) is 27.6 Å². The van der Waals surface area contributed by atoms with Gasteiger partial charge in [-0.2, -0.15) is 0 Å². The lowest BCUT2D eigenvalue weighted by Gasteiger charge is -2.26. The fourth-order valence-electron chi connectivity index (χ4n) is 1.47. The molecule has 0 radical (unpaired) electrons. The minimum atomic E-state index is 0. The summed E-state index contributed by atoms with van der Waals surface area (Å²) in [5.41, 5.74) is 4.20. The number of quaternary nitrogens is 1. The van der Waals surface area contributed by atoms with Crippen LogP contribution in [0.15, 0.2) is 38.0 Å². The van der Waals surface area contributed by atoms with Crippen LogP contribution in [0.5, 0.6) is 0 Å². The molecule has 0 saturated carbocycles. The van der Waals surface area contributed by atoms with Crippen LogP contribution in [0.4, 0.5) is 0 Å². The average Bonchev–Trinajstić information content (AvgIpc) is 2.06. The molecule has 0 heterocycles. The lowest BCUT2D eigenvalue weighted by Crippen LogP contribution is -3.00. The van der Waals surface area contributed by atoms with E-state index in [0.29, 0.717) is 0 Å². The molecular formula is C11H20ClN. The van der Waals surface area contributed by atoms with Crippen LogP contribution in [0.1, 0.15) is 19.3 Å². The molecule has 0 saturated heterocycles. The minimum absolute atomic E-state index is 0. The van der Waals surface area contributed by atoms with Crippen molar-refractivity contribution in [3.05, 3.63) is 38.0 Å². The van der Waals surface area contributed by atoms with E-state index in [-0.39, 0.29) is 17.8 Å². The first kappa shape index (κ1) is 15.0. The van der Waals surface area contributed by atoms with Crippen LogP contribution in [0, 0.1) is 5.41 Å². The highest BCUT2D eigenvalue weighted by Crippen LogP contribution is 2.30. The van der Waals surface area contributed by atoms with Crippen LogP contribution in [0.25, 0.3) is 0 Å². The lowest BCUT2D eigenvalue weighted by atomic mass is 9.78. The van der Waals surface area contributed by atoms with E-state index in [0.717, 1.165) is 25.8 Å². The smallest absolute Gasteiger partial charge is 0.0805 e. The van der Waals surface area contributed by atoms with Crippen molar-refractivity contribution in [2.75, 3.05) is 6.54 Å². The first-order valence-corrected chi connectivity index (χ1v) is 4.36. The van der Waals surface area contributed by atoms with Crippen LogP contribution in [0.2, 0.25) is 0 Å². The van der Waals surface area contributed by atoms with Crippen molar-refractivity contribution in [2.45, 2.75) is 19.3 Å². The third-order valence-electron chi connectivity index (χ3n) is 2.26. The normalized spacial score (nSPS) is 9.92. The van der Waals surface area contributed by atoms with E-state index >= 15 is 0 Å². The van der Waals surface area contributed by atoms with Crippen molar-refractivity contribution in [3.63, 3.8) is 0 Å². The molecule has 76 valence electrons. The van der Waals surface area contributed by atoms with Crippen molar-refractivity contribution >= 4 is 0 Å². The van der Waals surface area contributed by atoms with E-state index in [1.807, 2.05) is 18.2 Å². The molecule has 0 aliphatic carbocycles. The van der Waals surface area contributed by atoms with Gasteiger partial charge in [0.25, 0.3) is 0 Å². The van der Waals surface area contributed by atoms with Gasteiger partial charge in [-0.1, -0.05) is 18.2 Å². The second kappa shape index (κ2) is 8.09. The summed E-state index contributed by atoms with van der Waals surface area (Å²) in [6, 6.07) is 0. The first-order valence-electron chi connectivity index (χ1n) is 4.36. The highest BCUT2D eigenvalue weighted by Gasteiger charge is 2.26. The van der Waals surface area contributed by atoms with Gasteiger partial charge in [0.05, 0.1) is 6.54 Å². The summed E-state index contributed by atoms with van der Waals surface area (Å²) in [5.74, 6) is 0. The van der Waals surface area contributed by atoms with E-state index in [2.05, 4.69) is 25.5 Å². The predicted molar refractivity (Wildman–Crippen MR) is 54.6 cm³/mol. The minimum Gasteiger partial charge on any atom is -1.00 e. The molecule has 0 fully saturated rings. The molecule has 0 bridgehead atoms. The summed E-state index contributed by atoms with van der Waals surface area (Å²) < 4.78 is 0. The highest BCUT2D eigenvalue weighted by atomic mass is 35.5. The molecule has 0 aromatic heterocycles. The van der Waals surface area contributed by atoms with Crippen molar-refractivity contribution in [1.29, 1.82) is 0 Å². The second-order valence-corrected chi connectivity index (χ2v) is 3.23. The average molecular weight is 202 g/mol.